The monoisotopic (exact) mass is 455 g/mol. The molecule has 0 saturated heterocycles. The number of hydrogen-bond donors (Lipinski definition) is 0. The summed E-state index contributed by atoms with van der Waals surface area (Å²) in [5, 5.41) is 1.30. The predicted octanol–water partition coefficient (Wildman–Crippen LogP) is 5.43. The average molecular weight is 456 g/mol. The van der Waals surface area contributed by atoms with Crippen LogP contribution in [0.15, 0.2) is 67.6 Å². The second kappa shape index (κ2) is 7.93. The van der Waals surface area contributed by atoms with Crippen molar-refractivity contribution >= 4 is 38.6 Å². The van der Waals surface area contributed by atoms with Crippen LogP contribution in [0.1, 0.15) is 18.2 Å². The summed E-state index contributed by atoms with van der Waals surface area (Å²) in [4.78, 5) is 22.1. The molecular weight excluding hydrogens is 438 g/mol. The van der Waals surface area contributed by atoms with Crippen molar-refractivity contribution < 1.29 is 4.42 Å². The first kappa shape index (κ1) is 19.0. The highest BCUT2D eigenvalue weighted by Crippen LogP contribution is 2.25. The molecule has 2 heterocycles. The normalized spacial score (nSPS) is 11.2. The van der Waals surface area contributed by atoms with Crippen LogP contribution in [0.25, 0.3) is 22.4 Å². The van der Waals surface area contributed by atoms with E-state index in [-0.39, 0.29) is 5.56 Å². The van der Waals surface area contributed by atoms with Gasteiger partial charge in [0.25, 0.3) is 5.56 Å². The molecule has 0 saturated carbocycles. The third-order valence-corrected chi connectivity index (χ3v) is 5.90. The van der Waals surface area contributed by atoms with Crippen LogP contribution in [-0.4, -0.2) is 14.5 Å². The third kappa shape index (κ3) is 3.77. The van der Waals surface area contributed by atoms with E-state index in [1.54, 1.807) is 10.8 Å². The van der Waals surface area contributed by atoms with E-state index in [0.717, 1.165) is 15.7 Å². The molecule has 5 nitrogen and oxygen atoms in total. The maximum absolute atomic E-state index is 12.8. The van der Waals surface area contributed by atoms with Crippen LogP contribution < -0.4 is 5.56 Å². The minimum atomic E-state index is -0.0307. The maximum Gasteiger partial charge on any atom is 0.262 e. The summed E-state index contributed by atoms with van der Waals surface area (Å²) in [5.74, 6) is 1.17. The van der Waals surface area contributed by atoms with E-state index in [0.29, 0.717) is 34.2 Å². The molecule has 0 aliphatic rings. The van der Waals surface area contributed by atoms with Crippen LogP contribution in [0, 0.1) is 6.92 Å². The molecular formula is C21H18BrN3O2S. The molecule has 7 heteroatoms. The Morgan fingerprint density at radius 3 is 2.68 bits per heavy atom. The van der Waals surface area contributed by atoms with Crippen molar-refractivity contribution in [3.05, 3.63) is 74.8 Å². The summed E-state index contributed by atoms with van der Waals surface area (Å²) < 4.78 is 8.19. The minimum absolute atomic E-state index is 0.0307. The van der Waals surface area contributed by atoms with Gasteiger partial charge in [0.05, 0.1) is 16.6 Å². The number of aryl methyl sites for hydroxylation is 1. The Labute approximate surface area is 175 Å². The molecule has 0 N–H and O–H groups in total. The van der Waals surface area contributed by atoms with Gasteiger partial charge in [-0.05, 0) is 44.2 Å². The second-order valence-electron chi connectivity index (χ2n) is 6.40. The summed E-state index contributed by atoms with van der Waals surface area (Å²) in [7, 11) is 0. The SMILES string of the molecule is CCn1c(SCc2coc(-c3ccc(C)cc3)n2)nc2ccc(Br)cc2c1=O. The minimum Gasteiger partial charge on any atom is -0.444 e. The highest BCUT2D eigenvalue weighted by Gasteiger charge is 2.13. The van der Waals surface area contributed by atoms with Crippen LogP contribution in [0.3, 0.4) is 0 Å². The van der Waals surface area contributed by atoms with E-state index in [9.17, 15) is 4.79 Å². The molecule has 2 aromatic carbocycles. The van der Waals surface area contributed by atoms with Crippen molar-refractivity contribution in [2.75, 3.05) is 0 Å². The van der Waals surface area contributed by atoms with Gasteiger partial charge in [0.15, 0.2) is 5.16 Å². The number of halogens is 1. The molecule has 28 heavy (non-hydrogen) atoms. The number of fused-ring (bicyclic) bond motifs is 1. The highest BCUT2D eigenvalue weighted by atomic mass is 79.9. The van der Waals surface area contributed by atoms with E-state index in [1.165, 1.54) is 17.3 Å². The molecule has 0 radical (unpaired) electrons. The van der Waals surface area contributed by atoms with Gasteiger partial charge in [0.1, 0.15) is 6.26 Å². The van der Waals surface area contributed by atoms with Crippen LogP contribution >= 0.6 is 27.7 Å². The van der Waals surface area contributed by atoms with E-state index in [2.05, 4.69) is 25.9 Å². The summed E-state index contributed by atoms with van der Waals surface area (Å²) in [6.07, 6.45) is 1.66. The lowest BCUT2D eigenvalue weighted by atomic mass is 10.1. The molecule has 0 fully saturated rings. The number of thioether (sulfide) groups is 1. The Morgan fingerprint density at radius 1 is 1.14 bits per heavy atom. The Kier molecular flexibility index (Phi) is 5.37. The second-order valence-corrected chi connectivity index (χ2v) is 8.26. The maximum atomic E-state index is 12.8. The van der Waals surface area contributed by atoms with E-state index in [1.807, 2.05) is 56.3 Å². The molecule has 0 amide bonds. The molecule has 4 aromatic rings. The zero-order valence-corrected chi connectivity index (χ0v) is 17.9. The summed E-state index contributed by atoms with van der Waals surface area (Å²) in [6, 6.07) is 13.6. The van der Waals surface area contributed by atoms with Crippen LogP contribution in [-0.2, 0) is 12.3 Å². The largest absolute Gasteiger partial charge is 0.444 e. The predicted molar refractivity (Wildman–Crippen MR) is 116 cm³/mol. The van der Waals surface area contributed by atoms with E-state index < -0.39 is 0 Å². The van der Waals surface area contributed by atoms with Gasteiger partial charge in [0, 0.05) is 22.3 Å². The van der Waals surface area contributed by atoms with Crippen molar-refractivity contribution in [2.24, 2.45) is 0 Å². The Hall–Kier alpha value is -2.38. The molecule has 0 spiro atoms. The van der Waals surface area contributed by atoms with Crippen LogP contribution in [0.2, 0.25) is 0 Å². The number of nitrogens with zero attached hydrogens (tertiary/aromatic N) is 3. The quantitative estimate of drug-likeness (QED) is 0.296. The third-order valence-electron chi connectivity index (χ3n) is 4.40. The van der Waals surface area contributed by atoms with Crippen molar-refractivity contribution in [3.8, 4) is 11.5 Å². The van der Waals surface area contributed by atoms with Crippen LogP contribution in [0.4, 0.5) is 0 Å². The van der Waals surface area contributed by atoms with Gasteiger partial charge in [-0.2, -0.15) is 0 Å². The van der Waals surface area contributed by atoms with Gasteiger partial charge < -0.3 is 4.42 Å². The number of benzene rings is 2. The summed E-state index contributed by atoms with van der Waals surface area (Å²) in [6.45, 7) is 4.55. The average Bonchev–Trinajstić information content (AvgIpc) is 3.16. The number of rotatable bonds is 5. The molecule has 0 aliphatic carbocycles. The molecule has 2 aromatic heterocycles. The lowest BCUT2D eigenvalue weighted by Crippen LogP contribution is -2.22. The molecule has 0 aliphatic heterocycles. The Morgan fingerprint density at radius 2 is 1.93 bits per heavy atom. The van der Waals surface area contributed by atoms with Crippen molar-refractivity contribution in [3.63, 3.8) is 0 Å². The lowest BCUT2D eigenvalue weighted by Gasteiger charge is -2.10. The van der Waals surface area contributed by atoms with Crippen molar-refractivity contribution in [2.45, 2.75) is 31.3 Å². The fourth-order valence-corrected chi connectivity index (χ4v) is 4.20. The molecule has 142 valence electrons. The lowest BCUT2D eigenvalue weighted by molar-refractivity contribution is 0.573. The first-order chi connectivity index (χ1) is 13.5. The first-order valence-corrected chi connectivity index (χ1v) is 10.7. The Balaban J connectivity index is 1.60. The van der Waals surface area contributed by atoms with E-state index in [4.69, 9.17) is 4.42 Å². The topological polar surface area (TPSA) is 60.9 Å². The standard InChI is InChI=1S/C21H18BrN3O2S/c1-3-25-20(26)17-10-15(22)8-9-18(17)24-21(25)28-12-16-11-27-19(23-16)14-6-4-13(2)5-7-14/h4-11H,3,12H2,1-2H3. The highest BCUT2D eigenvalue weighted by molar-refractivity contribution is 9.10. The molecule has 0 bridgehead atoms. The number of oxazole rings is 1. The molecule has 4 rings (SSSR count). The number of hydrogen-bond acceptors (Lipinski definition) is 5. The first-order valence-electron chi connectivity index (χ1n) is 8.89. The van der Waals surface area contributed by atoms with Gasteiger partial charge >= 0.3 is 0 Å². The molecule has 0 atom stereocenters. The van der Waals surface area contributed by atoms with Gasteiger partial charge in [-0.3, -0.25) is 9.36 Å². The zero-order valence-electron chi connectivity index (χ0n) is 15.5. The van der Waals surface area contributed by atoms with Gasteiger partial charge in [-0.1, -0.05) is 45.4 Å². The fourth-order valence-electron chi connectivity index (χ4n) is 2.90. The van der Waals surface area contributed by atoms with Gasteiger partial charge in [-0.15, -0.1) is 0 Å². The smallest absolute Gasteiger partial charge is 0.262 e. The van der Waals surface area contributed by atoms with Crippen molar-refractivity contribution in [1.29, 1.82) is 0 Å². The van der Waals surface area contributed by atoms with Gasteiger partial charge in [-0.25, -0.2) is 9.97 Å². The van der Waals surface area contributed by atoms with Gasteiger partial charge in [0.2, 0.25) is 5.89 Å². The number of aromatic nitrogens is 3. The van der Waals surface area contributed by atoms with Crippen molar-refractivity contribution in [1.82, 2.24) is 14.5 Å². The van der Waals surface area contributed by atoms with E-state index >= 15 is 0 Å². The fraction of sp³-hybridized carbons (Fsp3) is 0.190. The zero-order chi connectivity index (χ0) is 19.7. The van der Waals surface area contributed by atoms with Crippen LogP contribution in [0.5, 0.6) is 0 Å². The molecule has 0 unspecified atom stereocenters. The summed E-state index contributed by atoms with van der Waals surface area (Å²) >= 11 is 4.91. The Bertz CT molecular complexity index is 1200. The summed E-state index contributed by atoms with van der Waals surface area (Å²) in [5.41, 5.74) is 3.62.